The summed E-state index contributed by atoms with van der Waals surface area (Å²) in [4.78, 5) is 35.0. The Morgan fingerprint density at radius 2 is 1.84 bits per heavy atom. The predicted octanol–water partition coefficient (Wildman–Crippen LogP) is 2.59. The van der Waals surface area contributed by atoms with Gasteiger partial charge in [-0.2, -0.15) is 5.10 Å². The molecule has 2 aromatic heterocycles. The second-order valence-corrected chi connectivity index (χ2v) is 11.5. The van der Waals surface area contributed by atoms with E-state index in [4.69, 9.17) is 0 Å². The van der Waals surface area contributed by atoms with Crippen molar-refractivity contribution in [1.82, 2.24) is 29.1 Å². The van der Waals surface area contributed by atoms with Gasteiger partial charge >= 0.3 is 0 Å². The minimum absolute atomic E-state index is 0.103. The number of benzene rings is 1. The fourth-order valence-corrected chi connectivity index (χ4v) is 6.62. The van der Waals surface area contributed by atoms with Crippen molar-refractivity contribution in [3.63, 3.8) is 0 Å². The molecule has 3 atom stereocenters. The minimum atomic E-state index is -1.10. The van der Waals surface area contributed by atoms with Gasteiger partial charge in [0.25, 0.3) is 5.56 Å². The number of likely N-dealkylation sites (tertiary alicyclic amines) is 2. The number of rotatable bonds is 6. The standard InChI is InChI=1S/C28H35FN6O3/c1-19(33-15-20-3-2-4-21(20)16-33)13-25(36)32-11-9-28(38,10-12-32)17-34-18-30-26-24(27(34)37)14-31-35(26)23-7-5-22(29)6-8-23/h5-8,14,18-21,38H,2-4,9-13,15-17H2,1H3/t19-,20?,21?/m1/s1. The molecule has 1 aliphatic carbocycles. The van der Waals surface area contributed by atoms with E-state index < -0.39 is 5.60 Å². The van der Waals surface area contributed by atoms with Crippen molar-refractivity contribution in [2.45, 2.75) is 63.6 Å². The van der Waals surface area contributed by atoms with Crippen LogP contribution in [0.4, 0.5) is 4.39 Å². The van der Waals surface area contributed by atoms with Crippen LogP contribution in [0.25, 0.3) is 16.7 Å². The summed E-state index contributed by atoms with van der Waals surface area (Å²) in [6.45, 7) is 5.45. The Kier molecular flexibility index (Phi) is 6.55. The third-order valence-electron chi connectivity index (χ3n) is 8.99. The Bertz CT molecular complexity index is 1370. The van der Waals surface area contributed by atoms with E-state index in [1.807, 2.05) is 4.90 Å². The molecule has 38 heavy (non-hydrogen) atoms. The first-order chi connectivity index (χ1) is 18.3. The molecule has 0 radical (unpaired) electrons. The Morgan fingerprint density at radius 1 is 1.16 bits per heavy atom. The summed E-state index contributed by atoms with van der Waals surface area (Å²) in [5.41, 5.74) is -0.412. The van der Waals surface area contributed by atoms with Crippen LogP contribution in [-0.2, 0) is 11.3 Å². The van der Waals surface area contributed by atoms with Gasteiger partial charge in [-0.25, -0.2) is 14.1 Å². The molecule has 2 unspecified atom stereocenters. The van der Waals surface area contributed by atoms with Crippen molar-refractivity contribution >= 4 is 16.9 Å². The molecule has 3 fully saturated rings. The van der Waals surface area contributed by atoms with E-state index in [1.54, 1.807) is 12.1 Å². The quantitative estimate of drug-likeness (QED) is 0.535. The van der Waals surface area contributed by atoms with E-state index in [-0.39, 0.29) is 29.9 Å². The molecule has 4 heterocycles. The van der Waals surface area contributed by atoms with Gasteiger partial charge in [0, 0.05) is 38.6 Å². The molecule has 3 aromatic rings. The highest BCUT2D eigenvalue weighted by atomic mass is 19.1. The molecule has 1 amide bonds. The first kappa shape index (κ1) is 25.2. The minimum Gasteiger partial charge on any atom is -0.388 e. The van der Waals surface area contributed by atoms with Crippen LogP contribution in [0.15, 0.2) is 41.6 Å². The van der Waals surface area contributed by atoms with Crippen molar-refractivity contribution in [2.75, 3.05) is 26.2 Å². The first-order valence-electron chi connectivity index (χ1n) is 13.7. The Balaban J connectivity index is 1.07. The van der Waals surface area contributed by atoms with Crippen molar-refractivity contribution in [3.8, 4) is 5.69 Å². The van der Waals surface area contributed by atoms with Crippen LogP contribution >= 0.6 is 0 Å². The predicted molar refractivity (Wildman–Crippen MR) is 140 cm³/mol. The summed E-state index contributed by atoms with van der Waals surface area (Å²) < 4.78 is 16.2. The molecule has 10 heteroatoms. The maximum absolute atomic E-state index is 13.3. The number of piperidine rings is 1. The molecule has 0 bridgehead atoms. The summed E-state index contributed by atoms with van der Waals surface area (Å²) >= 11 is 0. The molecule has 6 rings (SSSR count). The van der Waals surface area contributed by atoms with E-state index in [2.05, 4.69) is 21.9 Å². The fraction of sp³-hybridized carbons (Fsp3) is 0.571. The summed E-state index contributed by atoms with van der Waals surface area (Å²) in [5, 5.41) is 15.9. The molecule has 1 N–H and O–H groups in total. The lowest BCUT2D eigenvalue weighted by atomic mass is 9.91. The normalized spacial score (nSPS) is 24.1. The van der Waals surface area contributed by atoms with Gasteiger partial charge in [-0.3, -0.25) is 19.1 Å². The first-order valence-corrected chi connectivity index (χ1v) is 13.7. The maximum atomic E-state index is 13.3. The monoisotopic (exact) mass is 522 g/mol. The van der Waals surface area contributed by atoms with Gasteiger partial charge in [-0.1, -0.05) is 6.42 Å². The molecule has 2 aliphatic heterocycles. The maximum Gasteiger partial charge on any atom is 0.264 e. The second-order valence-electron chi connectivity index (χ2n) is 11.5. The van der Waals surface area contributed by atoms with Crippen molar-refractivity contribution < 1.29 is 14.3 Å². The van der Waals surface area contributed by atoms with Gasteiger partial charge in [0.2, 0.25) is 5.91 Å². The molecular formula is C28H35FN6O3. The van der Waals surface area contributed by atoms with Crippen LogP contribution in [0, 0.1) is 17.7 Å². The third-order valence-corrected chi connectivity index (χ3v) is 8.99. The number of amides is 1. The van der Waals surface area contributed by atoms with E-state index in [0.717, 1.165) is 24.9 Å². The summed E-state index contributed by atoms with van der Waals surface area (Å²) in [5.74, 6) is 1.41. The van der Waals surface area contributed by atoms with Crippen LogP contribution in [0.2, 0.25) is 0 Å². The molecule has 0 spiro atoms. The highest BCUT2D eigenvalue weighted by Gasteiger charge is 2.39. The number of aliphatic hydroxyl groups is 1. The van der Waals surface area contributed by atoms with Crippen LogP contribution in [0.1, 0.15) is 45.4 Å². The number of hydrogen-bond acceptors (Lipinski definition) is 6. The number of carbonyl (C=O) groups is 1. The molecule has 3 aliphatic rings. The van der Waals surface area contributed by atoms with Gasteiger partial charge in [0.1, 0.15) is 17.5 Å². The summed E-state index contributed by atoms with van der Waals surface area (Å²) in [6, 6.07) is 6.04. The second kappa shape index (κ2) is 9.89. The van der Waals surface area contributed by atoms with Gasteiger partial charge < -0.3 is 10.0 Å². The Labute approximate surface area is 220 Å². The van der Waals surface area contributed by atoms with Gasteiger partial charge in [0.05, 0.1) is 24.0 Å². The molecule has 2 saturated heterocycles. The van der Waals surface area contributed by atoms with E-state index >= 15 is 0 Å². The topological polar surface area (TPSA) is 96.5 Å². The molecular weight excluding hydrogens is 487 g/mol. The fourth-order valence-electron chi connectivity index (χ4n) is 6.62. The number of carbonyl (C=O) groups excluding carboxylic acids is 1. The highest BCUT2D eigenvalue weighted by molar-refractivity contribution is 5.77. The van der Waals surface area contributed by atoms with Crippen LogP contribution in [0.3, 0.4) is 0 Å². The smallest absolute Gasteiger partial charge is 0.264 e. The van der Waals surface area contributed by atoms with Gasteiger partial charge in [0.15, 0.2) is 5.65 Å². The summed E-state index contributed by atoms with van der Waals surface area (Å²) in [6.07, 6.45) is 8.20. The average molecular weight is 523 g/mol. The molecule has 202 valence electrons. The van der Waals surface area contributed by atoms with Crippen molar-refractivity contribution in [1.29, 1.82) is 0 Å². The number of hydrogen-bond donors (Lipinski definition) is 1. The number of nitrogens with zero attached hydrogens (tertiary/aromatic N) is 6. The van der Waals surface area contributed by atoms with Gasteiger partial charge in [-0.05, 0) is 68.7 Å². The zero-order valence-electron chi connectivity index (χ0n) is 21.8. The van der Waals surface area contributed by atoms with Gasteiger partial charge in [-0.15, -0.1) is 0 Å². The zero-order chi connectivity index (χ0) is 26.4. The summed E-state index contributed by atoms with van der Waals surface area (Å²) in [7, 11) is 0. The molecule has 1 saturated carbocycles. The largest absolute Gasteiger partial charge is 0.388 e. The highest BCUT2D eigenvalue weighted by Crippen LogP contribution is 2.38. The number of aromatic nitrogens is 4. The Morgan fingerprint density at radius 3 is 2.53 bits per heavy atom. The number of fused-ring (bicyclic) bond motifs is 2. The lowest BCUT2D eigenvalue weighted by Gasteiger charge is -2.39. The lowest BCUT2D eigenvalue weighted by molar-refractivity contribution is -0.137. The lowest BCUT2D eigenvalue weighted by Crippen LogP contribution is -2.50. The SMILES string of the molecule is C[C@H](CC(=O)N1CCC(O)(Cn2cnc3c(cnn3-c3ccc(F)cc3)c2=O)CC1)N1CC2CCCC2C1. The van der Waals surface area contributed by atoms with Crippen LogP contribution in [-0.4, -0.2) is 78.0 Å². The number of halogens is 1. The average Bonchev–Trinajstić information content (AvgIpc) is 3.62. The van der Waals surface area contributed by atoms with Crippen LogP contribution in [0.5, 0.6) is 0 Å². The Hall–Kier alpha value is -3.11. The van der Waals surface area contributed by atoms with E-state index in [0.29, 0.717) is 49.1 Å². The molecule has 9 nitrogen and oxygen atoms in total. The van der Waals surface area contributed by atoms with Crippen molar-refractivity contribution in [2.24, 2.45) is 11.8 Å². The van der Waals surface area contributed by atoms with E-state index in [9.17, 15) is 19.1 Å². The zero-order valence-corrected chi connectivity index (χ0v) is 21.8. The van der Waals surface area contributed by atoms with E-state index in [1.165, 1.54) is 53.2 Å². The molecule has 1 aromatic carbocycles. The third kappa shape index (κ3) is 4.75. The van der Waals surface area contributed by atoms with Crippen LogP contribution < -0.4 is 5.56 Å². The van der Waals surface area contributed by atoms with Crippen molar-refractivity contribution in [3.05, 3.63) is 53.0 Å².